The summed E-state index contributed by atoms with van der Waals surface area (Å²) in [7, 11) is -3.95. The number of alkyl halides is 3. The molecule has 2 aromatic rings. The average molecular weight is 407 g/mol. The second kappa shape index (κ2) is 6.71. The van der Waals surface area contributed by atoms with Crippen molar-refractivity contribution in [3.63, 3.8) is 0 Å². The maximum Gasteiger partial charge on any atom is 0.417 e. The number of benzene rings is 2. The van der Waals surface area contributed by atoms with Crippen LogP contribution in [-0.4, -0.2) is 14.6 Å². The van der Waals surface area contributed by atoms with Gasteiger partial charge in [0.15, 0.2) is 0 Å². The quantitative estimate of drug-likeness (QED) is 0.620. The third-order valence-electron chi connectivity index (χ3n) is 2.77. The summed E-state index contributed by atoms with van der Waals surface area (Å²) in [6.07, 6.45) is -3.73. The van der Waals surface area contributed by atoms with Gasteiger partial charge in [-0.3, -0.25) is 0 Å². The number of hydrogen-bond acceptors (Lipinski definition) is 3. The molecule has 2 rings (SSSR count). The first-order valence-electron chi connectivity index (χ1n) is 6.17. The van der Waals surface area contributed by atoms with E-state index in [0.717, 1.165) is 12.3 Å². The van der Waals surface area contributed by atoms with Gasteiger partial charge in [0.1, 0.15) is 0 Å². The molecule has 0 saturated heterocycles. The number of hydrazone groups is 1. The van der Waals surface area contributed by atoms with Crippen LogP contribution in [0.5, 0.6) is 0 Å². The fraction of sp³-hybridized carbons (Fsp3) is 0.0714. The van der Waals surface area contributed by atoms with Gasteiger partial charge in [0, 0.05) is 10.0 Å². The largest absolute Gasteiger partial charge is 0.417 e. The van der Waals surface area contributed by atoms with E-state index < -0.39 is 21.8 Å². The Morgan fingerprint density at radius 2 is 1.65 bits per heavy atom. The van der Waals surface area contributed by atoms with E-state index in [9.17, 15) is 21.6 Å². The molecule has 0 aliphatic rings. The van der Waals surface area contributed by atoms with E-state index in [4.69, 9.17) is 0 Å². The number of nitrogens with zero attached hydrogens (tertiary/aromatic N) is 1. The van der Waals surface area contributed by atoms with Crippen molar-refractivity contribution in [3.05, 3.63) is 64.1 Å². The lowest BCUT2D eigenvalue weighted by Crippen LogP contribution is -2.18. The van der Waals surface area contributed by atoms with Gasteiger partial charge in [-0.25, -0.2) is 4.83 Å². The molecule has 0 heterocycles. The Morgan fingerprint density at radius 1 is 1.04 bits per heavy atom. The highest BCUT2D eigenvalue weighted by Crippen LogP contribution is 2.31. The molecule has 0 saturated carbocycles. The van der Waals surface area contributed by atoms with Crippen molar-refractivity contribution in [2.24, 2.45) is 5.10 Å². The van der Waals surface area contributed by atoms with Crippen LogP contribution in [0.2, 0.25) is 0 Å². The zero-order valence-electron chi connectivity index (χ0n) is 11.4. The fourth-order valence-electron chi connectivity index (χ4n) is 1.70. The molecule has 23 heavy (non-hydrogen) atoms. The van der Waals surface area contributed by atoms with E-state index in [1.54, 1.807) is 0 Å². The maximum atomic E-state index is 12.8. The van der Waals surface area contributed by atoms with Crippen molar-refractivity contribution in [2.75, 3.05) is 0 Å². The first-order chi connectivity index (χ1) is 10.7. The van der Waals surface area contributed by atoms with Crippen LogP contribution in [0, 0.1) is 0 Å². The van der Waals surface area contributed by atoms with Crippen LogP contribution in [-0.2, 0) is 16.2 Å². The summed E-state index contributed by atoms with van der Waals surface area (Å²) in [4.78, 5) is 1.83. The third-order valence-corrected chi connectivity index (χ3v) is 4.53. The van der Waals surface area contributed by atoms with Crippen LogP contribution in [0.25, 0.3) is 0 Å². The number of nitrogens with one attached hydrogen (secondary N) is 1. The summed E-state index contributed by atoms with van der Waals surface area (Å²) in [5.74, 6) is 0. The summed E-state index contributed by atoms with van der Waals surface area (Å²) in [6, 6.07) is 10.5. The molecule has 0 spiro atoms. The molecule has 0 bridgehead atoms. The molecule has 0 aliphatic heterocycles. The van der Waals surface area contributed by atoms with E-state index in [1.807, 2.05) is 4.83 Å². The topological polar surface area (TPSA) is 58.5 Å². The highest BCUT2D eigenvalue weighted by atomic mass is 79.9. The minimum absolute atomic E-state index is 0.0537. The van der Waals surface area contributed by atoms with Gasteiger partial charge in [-0.1, -0.05) is 34.1 Å². The second-order valence-corrected chi connectivity index (χ2v) is 6.97. The van der Waals surface area contributed by atoms with Crippen molar-refractivity contribution in [3.8, 4) is 0 Å². The number of sulfonamides is 1. The molecular formula is C14H10BrF3N2O2S. The number of halogens is 4. The van der Waals surface area contributed by atoms with Gasteiger partial charge in [-0.2, -0.15) is 26.7 Å². The molecule has 2 aromatic carbocycles. The first kappa shape index (κ1) is 17.5. The van der Waals surface area contributed by atoms with Crippen molar-refractivity contribution in [1.82, 2.24) is 4.83 Å². The molecular weight excluding hydrogens is 397 g/mol. The third kappa shape index (κ3) is 4.55. The predicted octanol–water partition coefficient (Wildman–Crippen LogP) is 3.78. The Bertz CT molecular complexity index is 819. The lowest BCUT2D eigenvalue weighted by atomic mass is 10.1. The summed E-state index contributed by atoms with van der Waals surface area (Å²) in [5.41, 5.74) is -1.13. The number of hydrogen-bond donors (Lipinski definition) is 1. The molecule has 0 fully saturated rings. The van der Waals surface area contributed by atoms with E-state index in [-0.39, 0.29) is 10.5 Å². The van der Waals surface area contributed by atoms with Gasteiger partial charge in [-0.05, 0) is 30.3 Å². The molecule has 9 heteroatoms. The minimum Gasteiger partial charge on any atom is -0.200 e. The molecule has 0 atom stereocenters. The van der Waals surface area contributed by atoms with E-state index in [0.29, 0.717) is 4.47 Å². The lowest BCUT2D eigenvalue weighted by Gasteiger charge is -2.09. The van der Waals surface area contributed by atoms with Gasteiger partial charge >= 0.3 is 6.18 Å². The zero-order chi connectivity index (χ0) is 17.1. The van der Waals surface area contributed by atoms with Crippen LogP contribution in [0.4, 0.5) is 13.2 Å². The molecule has 1 N–H and O–H groups in total. The molecule has 122 valence electrons. The Labute approximate surface area is 139 Å². The normalized spacial score (nSPS) is 12.5. The average Bonchev–Trinajstić information content (AvgIpc) is 2.47. The molecule has 0 unspecified atom stereocenters. The van der Waals surface area contributed by atoms with E-state index >= 15 is 0 Å². The monoisotopic (exact) mass is 406 g/mol. The van der Waals surface area contributed by atoms with Crippen LogP contribution >= 0.6 is 15.9 Å². The zero-order valence-corrected chi connectivity index (χ0v) is 13.8. The van der Waals surface area contributed by atoms with E-state index in [2.05, 4.69) is 21.0 Å². The summed E-state index contributed by atoms with van der Waals surface area (Å²) in [6.45, 7) is 0. The lowest BCUT2D eigenvalue weighted by molar-refractivity contribution is -0.137. The Hall–Kier alpha value is -1.87. The Morgan fingerprint density at radius 3 is 2.26 bits per heavy atom. The standard InChI is InChI=1S/C14H10BrF3N2O2S/c15-11-5-7-12(8-6-11)23(21,22)20-19-9-10-3-1-2-4-13(10)14(16,17)18/h1-9,20H/b19-9-. The molecule has 0 amide bonds. The molecule has 0 radical (unpaired) electrons. The van der Waals surface area contributed by atoms with Crippen LogP contribution in [0.15, 0.2) is 63.0 Å². The van der Waals surface area contributed by atoms with Crippen molar-refractivity contribution >= 4 is 32.2 Å². The minimum atomic E-state index is -4.55. The highest BCUT2D eigenvalue weighted by Gasteiger charge is 2.32. The molecule has 0 aliphatic carbocycles. The van der Waals surface area contributed by atoms with Gasteiger partial charge in [0.05, 0.1) is 16.7 Å². The van der Waals surface area contributed by atoms with Crippen molar-refractivity contribution in [1.29, 1.82) is 0 Å². The van der Waals surface area contributed by atoms with Gasteiger partial charge < -0.3 is 0 Å². The van der Waals surface area contributed by atoms with Crippen LogP contribution in [0.3, 0.4) is 0 Å². The molecule has 0 aromatic heterocycles. The summed E-state index contributed by atoms with van der Waals surface area (Å²) < 4.78 is 63.0. The van der Waals surface area contributed by atoms with E-state index in [1.165, 1.54) is 42.5 Å². The SMILES string of the molecule is O=S(=O)(N/N=C\c1ccccc1C(F)(F)F)c1ccc(Br)cc1. The van der Waals surface area contributed by atoms with Gasteiger partial charge in [0.25, 0.3) is 10.0 Å². The van der Waals surface area contributed by atoms with Crippen molar-refractivity contribution in [2.45, 2.75) is 11.1 Å². The van der Waals surface area contributed by atoms with Crippen LogP contribution < -0.4 is 4.83 Å². The van der Waals surface area contributed by atoms with Crippen molar-refractivity contribution < 1.29 is 21.6 Å². The second-order valence-electron chi connectivity index (χ2n) is 4.39. The highest BCUT2D eigenvalue weighted by molar-refractivity contribution is 9.10. The summed E-state index contributed by atoms with van der Waals surface area (Å²) in [5, 5.41) is 3.41. The van der Waals surface area contributed by atoms with Gasteiger partial charge in [0.2, 0.25) is 0 Å². The Balaban J connectivity index is 2.21. The predicted molar refractivity (Wildman–Crippen MR) is 83.5 cm³/mol. The summed E-state index contributed by atoms with van der Waals surface area (Å²) >= 11 is 3.17. The molecule has 4 nitrogen and oxygen atoms in total. The maximum absolute atomic E-state index is 12.8. The number of rotatable bonds is 4. The van der Waals surface area contributed by atoms with Crippen LogP contribution in [0.1, 0.15) is 11.1 Å². The van der Waals surface area contributed by atoms with Gasteiger partial charge in [-0.15, -0.1) is 0 Å². The fourth-order valence-corrected chi connectivity index (χ4v) is 2.76. The Kier molecular flexibility index (Phi) is 5.10. The smallest absolute Gasteiger partial charge is 0.200 e. The first-order valence-corrected chi connectivity index (χ1v) is 8.44.